The van der Waals surface area contributed by atoms with Crippen molar-refractivity contribution in [1.29, 1.82) is 0 Å². The summed E-state index contributed by atoms with van der Waals surface area (Å²) in [6.45, 7) is 8.23. The van der Waals surface area contributed by atoms with Gasteiger partial charge in [0.05, 0.1) is 12.1 Å². The molecular weight excluding hydrogens is 380 g/mol. The molecule has 0 aromatic carbocycles. The first-order chi connectivity index (χ1) is 14.2. The topological polar surface area (TPSA) is 98.0 Å². The van der Waals surface area contributed by atoms with Gasteiger partial charge < -0.3 is 9.80 Å². The van der Waals surface area contributed by atoms with Crippen LogP contribution in [0.5, 0.6) is 0 Å². The fraction of sp³-hybridized carbons (Fsp3) is 0.636. The smallest absolute Gasteiger partial charge is 0.274 e. The van der Waals surface area contributed by atoms with Gasteiger partial charge in [-0.1, -0.05) is 40.5 Å². The summed E-state index contributed by atoms with van der Waals surface area (Å²) in [6, 6.07) is 3.55. The number of aromatic amines is 2. The van der Waals surface area contributed by atoms with Crippen LogP contribution in [-0.2, 0) is 0 Å². The van der Waals surface area contributed by atoms with Gasteiger partial charge in [-0.25, -0.2) is 0 Å². The first kappa shape index (κ1) is 22.1. The second kappa shape index (κ2) is 9.02. The molecule has 1 aliphatic rings. The summed E-state index contributed by atoms with van der Waals surface area (Å²) >= 11 is 0. The number of hydrogen-bond acceptors (Lipinski definition) is 4. The van der Waals surface area contributed by atoms with Crippen LogP contribution < -0.4 is 0 Å². The van der Waals surface area contributed by atoms with Gasteiger partial charge in [-0.3, -0.25) is 19.8 Å². The van der Waals surface area contributed by atoms with Crippen LogP contribution in [0.4, 0.5) is 0 Å². The molecule has 3 rings (SSSR count). The van der Waals surface area contributed by atoms with Crippen molar-refractivity contribution in [3.05, 3.63) is 34.9 Å². The van der Waals surface area contributed by atoms with E-state index in [9.17, 15) is 9.59 Å². The van der Waals surface area contributed by atoms with Crippen molar-refractivity contribution >= 4 is 11.8 Å². The number of likely N-dealkylation sites (N-methyl/N-ethyl adjacent to an activating group) is 2. The number of nitrogens with one attached hydrogen (secondary N) is 2. The van der Waals surface area contributed by atoms with E-state index in [0.717, 1.165) is 37.1 Å². The van der Waals surface area contributed by atoms with E-state index in [1.807, 2.05) is 26.2 Å². The Hall–Kier alpha value is -2.64. The van der Waals surface area contributed by atoms with Crippen LogP contribution in [-0.4, -0.2) is 68.2 Å². The molecule has 30 heavy (non-hydrogen) atoms. The Morgan fingerprint density at radius 3 is 1.50 bits per heavy atom. The van der Waals surface area contributed by atoms with Crippen LogP contribution in [0, 0.1) is 0 Å². The van der Waals surface area contributed by atoms with Crippen molar-refractivity contribution in [2.45, 2.75) is 77.3 Å². The molecule has 0 aliphatic heterocycles. The second-order valence-corrected chi connectivity index (χ2v) is 8.98. The quantitative estimate of drug-likeness (QED) is 0.755. The molecule has 0 unspecified atom stereocenters. The van der Waals surface area contributed by atoms with Crippen molar-refractivity contribution < 1.29 is 9.59 Å². The molecule has 164 valence electrons. The second-order valence-electron chi connectivity index (χ2n) is 8.98. The third kappa shape index (κ3) is 4.42. The fourth-order valence-corrected chi connectivity index (χ4v) is 4.14. The molecule has 2 aromatic heterocycles. The fourth-order valence-electron chi connectivity index (χ4n) is 4.14. The maximum absolute atomic E-state index is 13.1. The lowest BCUT2D eigenvalue weighted by molar-refractivity contribution is 0.0415. The number of nitrogens with zero attached hydrogens (tertiary/aromatic N) is 4. The summed E-state index contributed by atoms with van der Waals surface area (Å²) in [5.74, 6) is 0.329. The molecule has 0 saturated heterocycles. The minimum atomic E-state index is -0.113. The first-order valence-electron chi connectivity index (χ1n) is 10.9. The van der Waals surface area contributed by atoms with Crippen molar-refractivity contribution in [3.63, 3.8) is 0 Å². The van der Waals surface area contributed by atoms with Gasteiger partial charge in [0.1, 0.15) is 11.4 Å². The third-order valence-corrected chi connectivity index (χ3v) is 6.21. The van der Waals surface area contributed by atoms with Crippen molar-refractivity contribution in [2.75, 3.05) is 14.1 Å². The largest absolute Gasteiger partial charge is 0.335 e. The Balaban J connectivity index is 1.77. The Bertz CT molecular complexity index is 812. The maximum atomic E-state index is 13.1. The highest BCUT2D eigenvalue weighted by Crippen LogP contribution is 2.28. The van der Waals surface area contributed by atoms with Gasteiger partial charge in [0.15, 0.2) is 0 Å². The Kier molecular flexibility index (Phi) is 6.63. The number of H-pyrrole nitrogens is 2. The molecule has 2 amide bonds. The number of carbonyl (C=O) groups excluding carboxylic acids is 2. The van der Waals surface area contributed by atoms with E-state index in [2.05, 4.69) is 48.1 Å². The molecule has 2 aromatic rings. The molecule has 0 radical (unpaired) electrons. The monoisotopic (exact) mass is 414 g/mol. The molecular formula is C22H34N6O2. The average molecular weight is 415 g/mol. The zero-order valence-electron chi connectivity index (χ0n) is 18.9. The summed E-state index contributed by atoms with van der Waals surface area (Å²) in [7, 11) is 3.64. The standard InChI is InChI=1S/C22H34N6O2/c1-13(2)15-11-17(25-23-15)21(29)27(5)19-9-7-8-10-20(19)28(6)22(30)18-12-16(14(3)4)24-26-18/h11-14,19-20H,7-10H2,1-6H3,(H,23,25)(H,24,26)/t19-,20-/m0/s1. The predicted molar refractivity (Wildman–Crippen MR) is 116 cm³/mol. The van der Waals surface area contributed by atoms with Gasteiger partial charge in [-0.15, -0.1) is 0 Å². The van der Waals surface area contributed by atoms with E-state index in [1.54, 1.807) is 9.80 Å². The van der Waals surface area contributed by atoms with Crippen molar-refractivity contribution in [1.82, 2.24) is 30.2 Å². The molecule has 2 N–H and O–H groups in total. The minimum absolute atomic E-state index is 0.0529. The molecule has 1 aliphatic carbocycles. The van der Waals surface area contributed by atoms with Gasteiger partial charge in [0.25, 0.3) is 11.8 Å². The van der Waals surface area contributed by atoms with Crippen LogP contribution in [0.2, 0.25) is 0 Å². The zero-order chi connectivity index (χ0) is 22.0. The van der Waals surface area contributed by atoms with Crippen LogP contribution in [0.3, 0.4) is 0 Å². The van der Waals surface area contributed by atoms with Crippen LogP contribution in [0.15, 0.2) is 12.1 Å². The third-order valence-electron chi connectivity index (χ3n) is 6.21. The molecule has 0 bridgehead atoms. The lowest BCUT2D eigenvalue weighted by Gasteiger charge is -2.42. The normalized spacial score (nSPS) is 19.3. The Morgan fingerprint density at radius 1 is 0.833 bits per heavy atom. The number of aromatic nitrogens is 4. The summed E-state index contributed by atoms with van der Waals surface area (Å²) in [6.07, 6.45) is 3.81. The van der Waals surface area contributed by atoms with E-state index in [4.69, 9.17) is 0 Å². The first-order valence-corrected chi connectivity index (χ1v) is 10.9. The summed E-state index contributed by atoms with van der Waals surface area (Å²) < 4.78 is 0. The van der Waals surface area contributed by atoms with E-state index in [0.29, 0.717) is 11.4 Å². The van der Waals surface area contributed by atoms with E-state index >= 15 is 0 Å². The lowest BCUT2D eigenvalue weighted by Crippen LogP contribution is -2.54. The molecule has 1 fully saturated rings. The van der Waals surface area contributed by atoms with E-state index in [1.165, 1.54) is 0 Å². The maximum Gasteiger partial charge on any atom is 0.274 e. The van der Waals surface area contributed by atoms with Gasteiger partial charge in [-0.05, 0) is 36.8 Å². The molecule has 0 spiro atoms. The van der Waals surface area contributed by atoms with Gasteiger partial charge >= 0.3 is 0 Å². The minimum Gasteiger partial charge on any atom is -0.335 e. The van der Waals surface area contributed by atoms with Gasteiger partial charge in [-0.2, -0.15) is 10.2 Å². The highest BCUT2D eigenvalue weighted by atomic mass is 16.2. The summed E-state index contributed by atoms with van der Waals surface area (Å²) in [4.78, 5) is 29.7. The van der Waals surface area contributed by atoms with E-state index < -0.39 is 0 Å². The van der Waals surface area contributed by atoms with Gasteiger partial charge in [0, 0.05) is 25.5 Å². The molecule has 8 nitrogen and oxygen atoms in total. The predicted octanol–water partition coefficient (Wildman–Crippen LogP) is 3.54. The zero-order valence-corrected chi connectivity index (χ0v) is 18.9. The van der Waals surface area contributed by atoms with Crippen LogP contribution in [0.25, 0.3) is 0 Å². The summed E-state index contributed by atoms with van der Waals surface area (Å²) in [5, 5.41) is 14.3. The average Bonchev–Trinajstić information content (AvgIpc) is 3.41. The highest BCUT2D eigenvalue weighted by molar-refractivity contribution is 5.93. The lowest BCUT2D eigenvalue weighted by atomic mass is 9.88. The number of carbonyl (C=O) groups is 2. The van der Waals surface area contributed by atoms with Crippen molar-refractivity contribution in [2.24, 2.45) is 0 Å². The number of rotatable bonds is 6. The van der Waals surface area contributed by atoms with Crippen LogP contribution in [0.1, 0.15) is 97.6 Å². The molecule has 2 heterocycles. The summed E-state index contributed by atoms with van der Waals surface area (Å²) in [5.41, 5.74) is 2.74. The Morgan fingerprint density at radius 2 is 1.20 bits per heavy atom. The molecule has 2 atom stereocenters. The molecule has 8 heteroatoms. The SMILES string of the molecule is CC(C)c1cc(C(=O)N(C)[C@H]2CCCC[C@@H]2N(C)C(=O)c2cc(C(C)C)[nH]n2)n[nH]1. The number of amides is 2. The molecule has 1 saturated carbocycles. The number of hydrogen-bond donors (Lipinski definition) is 2. The Labute approximate surface area is 178 Å². The van der Waals surface area contributed by atoms with Crippen LogP contribution >= 0.6 is 0 Å². The highest BCUT2D eigenvalue weighted by Gasteiger charge is 2.36. The van der Waals surface area contributed by atoms with Crippen molar-refractivity contribution in [3.8, 4) is 0 Å². The van der Waals surface area contributed by atoms with E-state index in [-0.39, 0.29) is 35.7 Å². The van der Waals surface area contributed by atoms with Gasteiger partial charge in [0.2, 0.25) is 0 Å².